The molecular weight excluding hydrogens is 160 g/mol. The van der Waals surface area contributed by atoms with Crippen LogP contribution in [0.25, 0.3) is 0 Å². The van der Waals surface area contributed by atoms with Gasteiger partial charge in [0.05, 0.1) is 0 Å². The Kier molecular flexibility index (Phi) is 3.04. The molecule has 0 atom stereocenters. The molecule has 0 amide bonds. The van der Waals surface area contributed by atoms with Crippen molar-refractivity contribution >= 4 is 0 Å². The van der Waals surface area contributed by atoms with Crippen molar-refractivity contribution in [2.75, 3.05) is 13.6 Å². The number of hydrogen-bond donors (Lipinski definition) is 0. The summed E-state index contributed by atoms with van der Waals surface area (Å²) in [7, 11) is 2.01. The number of halogens is 2. The van der Waals surface area contributed by atoms with Crippen LogP contribution in [-0.2, 0) is 0 Å². The Bertz CT molecular complexity index is 137. The molecule has 72 valence electrons. The summed E-state index contributed by atoms with van der Waals surface area (Å²) in [5.74, 6) is -2.38. The van der Waals surface area contributed by atoms with Crippen molar-refractivity contribution in [2.24, 2.45) is 0 Å². The highest BCUT2D eigenvalue weighted by molar-refractivity contribution is 4.81. The molecule has 12 heavy (non-hydrogen) atoms. The minimum absolute atomic E-state index is 0.0714. The largest absolute Gasteiger partial charge is 0.304 e. The van der Waals surface area contributed by atoms with Gasteiger partial charge in [-0.25, -0.2) is 8.78 Å². The Morgan fingerprint density at radius 3 is 2.25 bits per heavy atom. The molecule has 1 saturated carbocycles. The van der Waals surface area contributed by atoms with E-state index in [-0.39, 0.29) is 12.8 Å². The predicted molar refractivity (Wildman–Crippen MR) is 45.5 cm³/mol. The molecule has 0 heterocycles. The maximum atomic E-state index is 12.7. The van der Waals surface area contributed by atoms with Crippen LogP contribution in [0, 0.1) is 0 Å². The lowest BCUT2D eigenvalue weighted by Crippen LogP contribution is -2.38. The monoisotopic (exact) mass is 177 g/mol. The van der Waals surface area contributed by atoms with Crippen molar-refractivity contribution in [3.8, 4) is 0 Å². The van der Waals surface area contributed by atoms with E-state index in [2.05, 4.69) is 11.8 Å². The summed E-state index contributed by atoms with van der Waals surface area (Å²) in [5, 5.41) is 0. The lowest BCUT2D eigenvalue weighted by molar-refractivity contribution is -0.0508. The van der Waals surface area contributed by atoms with Crippen molar-refractivity contribution in [3.63, 3.8) is 0 Å². The molecule has 3 heteroatoms. The van der Waals surface area contributed by atoms with Crippen LogP contribution in [0.5, 0.6) is 0 Å². The third-order valence-electron chi connectivity index (χ3n) is 2.81. The zero-order chi connectivity index (χ0) is 9.19. The van der Waals surface area contributed by atoms with Gasteiger partial charge in [0.1, 0.15) is 0 Å². The summed E-state index contributed by atoms with van der Waals surface area (Å²) < 4.78 is 25.5. The lowest BCUT2D eigenvalue weighted by atomic mass is 9.91. The zero-order valence-electron chi connectivity index (χ0n) is 7.82. The van der Waals surface area contributed by atoms with Crippen LogP contribution in [0.2, 0.25) is 0 Å². The van der Waals surface area contributed by atoms with Crippen molar-refractivity contribution in [1.29, 1.82) is 0 Å². The Balaban J connectivity index is 2.36. The van der Waals surface area contributed by atoms with Gasteiger partial charge in [-0.05, 0) is 26.4 Å². The van der Waals surface area contributed by atoms with Gasteiger partial charge in [0.15, 0.2) is 0 Å². The van der Waals surface area contributed by atoms with Crippen LogP contribution in [0.3, 0.4) is 0 Å². The molecule has 1 fully saturated rings. The Hall–Kier alpha value is -0.180. The van der Waals surface area contributed by atoms with E-state index in [0.717, 1.165) is 6.54 Å². The van der Waals surface area contributed by atoms with Gasteiger partial charge in [0.25, 0.3) is 0 Å². The predicted octanol–water partition coefficient (Wildman–Crippen LogP) is 2.52. The first kappa shape index (κ1) is 9.90. The number of nitrogens with zero attached hydrogens (tertiary/aromatic N) is 1. The minimum Gasteiger partial charge on any atom is -0.304 e. The molecule has 0 radical (unpaired) electrons. The number of hydrogen-bond acceptors (Lipinski definition) is 1. The van der Waals surface area contributed by atoms with E-state index in [0.29, 0.717) is 18.9 Å². The van der Waals surface area contributed by atoms with Crippen LogP contribution < -0.4 is 0 Å². The van der Waals surface area contributed by atoms with Gasteiger partial charge >= 0.3 is 0 Å². The van der Waals surface area contributed by atoms with E-state index in [9.17, 15) is 8.78 Å². The SMILES string of the molecule is CCN(C)C1CCC(F)(F)CC1. The first-order valence-electron chi connectivity index (χ1n) is 4.63. The van der Waals surface area contributed by atoms with Crippen molar-refractivity contribution < 1.29 is 8.78 Å². The molecule has 1 nitrogen and oxygen atoms in total. The Morgan fingerprint density at radius 2 is 1.83 bits per heavy atom. The van der Waals surface area contributed by atoms with Crippen molar-refractivity contribution in [3.05, 3.63) is 0 Å². The van der Waals surface area contributed by atoms with Gasteiger partial charge in [-0.15, -0.1) is 0 Å². The fourth-order valence-corrected chi connectivity index (χ4v) is 1.72. The van der Waals surface area contributed by atoms with Crippen LogP contribution in [0.4, 0.5) is 8.78 Å². The highest BCUT2D eigenvalue weighted by atomic mass is 19.3. The standard InChI is InChI=1S/C9H17F2N/c1-3-12(2)8-4-6-9(10,11)7-5-8/h8H,3-7H2,1-2H3. The van der Waals surface area contributed by atoms with Gasteiger partial charge in [-0.2, -0.15) is 0 Å². The van der Waals surface area contributed by atoms with Crippen LogP contribution in [-0.4, -0.2) is 30.5 Å². The smallest absolute Gasteiger partial charge is 0.248 e. The third-order valence-corrected chi connectivity index (χ3v) is 2.81. The second-order valence-electron chi connectivity index (χ2n) is 3.66. The molecule has 0 aromatic carbocycles. The topological polar surface area (TPSA) is 3.24 Å². The molecule has 0 bridgehead atoms. The van der Waals surface area contributed by atoms with E-state index in [1.54, 1.807) is 0 Å². The molecule has 0 aromatic rings. The average molecular weight is 177 g/mol. The molecule has 0 aliphatic heterocycles. The van der Waals surface area contributed by atoms with Crippen molar-refractivity contribution in [2.45, 2.75) is 44.6 Å². The maximum absolute atomic E-state index is 12.7. The third kappa shape index (κ3) is 2.41. The highest BCUT2D eigenvalue weighted by Gasteiger charge is 2.35. The maximum Gasteiger partial charge on any atom is 0.248 e. The molecule has 1 aliphatic rings. The summed E-state index contributed by atoms with van der Waals surface area (Å²) in [6.07, 6.45) is 1.44. The molecule has 0 aromatic heterocycles. The summed E-state index contributed by atoms with van der Waals surface area (Å²) in [6.45, 7) is 3.02. The summed E-state index contributed by atoms with van der Waals surface area (Å²) in [4.78, 5) is 2.16. The fourth-order valence-electron chi connectivity index (χ4n) is 1.72. The van der Waals surface area contributed by atoms with E-state index in [4.69, 9.17) is 0 Å². The minimum atomic E-state index is -2.38. The van der Waals surface area contributed by atoms with Crippen LogP contribution >= 0.6 is 0 Å². The Morgan fingerprint density at radius 1 is 1.33 bits per heavy atom. The van der Waals surface area contributed by atoms with E-state index < -0.39 is 5.92 Å². The second-order valence-corrected chi connectivity index (χ2v) is 3.66. The molecule has 0 spiro atoms. The van der Waals surface area contributed by atoms with Gasteiger partial charge in [-0.3, -0.25) is 0 Å². The lowest BCUT2D eigenvalue weighted by Gasteiger charge is -2.33. The van der Waals surface area contributed by atoms with E-state index >= 15 is 0 Å². The average Bonchev–Trinajstić information content (AvgIpc) is 2.03. The molecule has 0 N–H and O–H groups in total. The first-order chi connectivity index (χ1) is 5.55. The molecule has 0 unspecified atom stereocenters. The highest BCUT2D eigenvalue weighted by Crippen LogP contribution is 2.34. The van der Waals surface area contributed by atoms with E-state index in [1.165, 1.54) is 0 Å². The number of rotatable bonds is 2. The van der Waals surface area contributed by atoms with E-state index in [1.807, 2.05) is 7.05 Å². The summed E-state index contributed by atoms with van der Waals surface area (Å²) >= 11 is 0. The fraction of sp³-hybridized carbons (Fsp3) is 1.00. The first-order valence-corrected chi connectivity index (χ1v) is 4.63. The second kappa shape index (κ2) is 3.69. The molecule has 1 aliphatic carbocycles. The zero-order valence-corrected chi connectivity index (χ0v) is 7.82. The van der Waals surface area contributed by atoms with Gasteiger partial charge in [0.2, 0.25) is 5.92 Å². The quantitative estimate of drug-likeness (QED) is 0.626. The van der Waals surface area contributed by atoms with Crippen LogP contribution in [0.15, 0.2) is 0 Å². The number of alkyl halides is 2. The Labute approximate surface area is 72.7 Å². The van der Waals surface area contributed by atoms with Crippen LogP contribution in [0.1, 0.15) is 32.6 Å². The molecule has 1 rings (SSSR count). The van der Waals surface area contributed by atoms with Gasteiger partial charge < -0.3 is 4.90 Å². The summed E-state index contributed by atoms with van der Waals surface area (Å²) in [6, 6.07) is 0.384. The molecule has 0 saturated heterocycles. The van der Waals surface area contributed by atoms with Crippen molar-refractivity contribution in [1.82, 2.24) is 4.90 Å². The van der Waals surface area contributed by atoms with Gasteiger partial charge in [-0.1, -0.05) is 6.92 Å². The molecular formula is C9H17F2N. The normalized spacial score (nSPS) is 24.8. The van der Waals surface area contributed by atoms with Gasteiger partial charge in [0, 0.05) is 18.9 Å². The summed E-state index contributed by atoms with van der Waals surface area (Å²) in [5.41, 5.74) is 0.